The zero-order valence-electron chi connectivity index (χ0n) is 16.6. The summed E-state index contributed by atoms with van der Waals surface area (Å²) in [6, 6.07) is 12.1. The maximum Gasteiger partial charge on any atom is 0.294 e. The molecule has 1 fully saturated rings. The van der Waals surface area contributed by atoms with Gasteiger partial charge in [0, 0.05) is 5.69 Å². The van der Waals surface area contributed by atoms with Crippen LogP contribution in [0.3, 0.4) is 0 Å². The van der Waals surface area contributed by atoms with Gasteiger partial charge in [0.25, 0.3) is 11.1 Å². The topological polar surface area (TPSA) is 94.2 Å². The van der Waals surface area contributed by atoms with Crippen LogP contribution in [0.2, 0.25) is 0 Å². The van der Waals surface area contributed by atoms with Crippen LogP contribution in [0.4, 0.5) is 10.5 Å². The SMILES string of the molecule is COc1cc(/C=C2\SC(=O)N(CC(=O)Nc3ccccc3)C2=O)cc(OC)c1OC. The van der Waals surface area contributed by atoms with E-state index in [1.807, 2.05) is 6.07 Å². The van der Waals surface area contributed by atoms with Gasteiger partial charge in [-0.1, -0.05) is 18.2 Å². The number of methoxy groups -OCH3 is 3. The number of carbonyl (C=O) groups is 3. The summed E-state index contributed by atoms with van der Waals surface area (Å²) >= 11 is 0.767. The second kappa shape index (κ2) is 9.36. The Hall–Kier alpha value is -3.46. The number of hydrogen-bond donors (Lipinski definition) is 1. The van der Waals surface area contributed by atoms with Crippen molar-refractivity contribution in [3.05, 3.63) is 52.9 Å². The Balaban J connectivity index is 1.78. The van der Waals surface area contributed by atoms with Gasteiger partial charge in [0.2, 0.25) is 11.7 Å². The van der Waals surface area contributed by atoms with Crippen LogP contribution in [-0.2, 0) is 9.59 Å². The minimum Gasteiger partial charge on any atom is -0.493 e. The van der Waals surface area contributed by atoms with Gasteiger partial charge in [-0.15, -0.1) is 0 Å². The van der Waals surface area contributed by atoms with Gasteiger partial charge in [-0.05, 0) is 47.7 Å². The Bertz CT molecular complexity index is 981. The average molecular weight is 428 g/mol. The number of para-hydroxylation sites is 1. The van der Waals surface area contributed by atoms with Crippen molar-refractivity contribution in [3.63, 3.8) is 0 Å². The Kier molecular flexibility index (Phi) is 6.63. The number of imide groups is 1. The molecule has 156 valence electrons. The van der Waals surface area contributed by atoms with E-state index in [-0.39, 0.29) is 11.4 Å². The Labute approximate surface area is 177 Å². The van der Waals surface area contributed by atoms with Gasteiger partial charge < -0.3 is 19.5 Å². The minimum absolute atomic E-state index is 0.196. The number of amides is 3. The minimum atomic E-state index is -0.540. The van der Waals surface area contributed by atoms with Gasteiger partial charge in [0.1, 0.15) is 6.54 Å². The highest BCUT2D eigenvalue weighted by Gasteiger charge is 2.36. The fourth-order valence-corrected chi connectivity index (χ4v) is 3.68. The number of carbonyl (C=O) groups excluding carboxylic acids is 3. The van der Waals surface area contributed by atoms with Gasteiger partial charge in [0.05, 0.1) is 26.2 Å². The third-order valence-electron chi connectivity index (χ3n) is 4.22. The highest BCUT2D eigenvalue weighted by molar-refractivity contribution is 8.18. The number of rotatable bonds is 7. The third kappa shape index (κ3) is 4.57. The molecule has 3 rings (SSSR count). The maximum atomic E-state index is 12.7. The van der Waals surface area contributed by atoms with Crippen LogP contribution < -0.4 is 19.5 Å². The standard InChI is InChI=1S/C21H20N2O6S/c1-27-15-9-13(10-16(28-2)19(15)29-3)11-17-20(25)23(21(26)30-17)12-18(24)22-14-7-5-4-6-8-14/h4-11H,12H2,1-3H3,(H,22,24)/b17-11-. The van der Waals surface area contributed by atoms with E-state index >= 15 is 0 Å². The molecule has 0 saturated carbocycles. The summed E-state index contributed by atoms with van der Waals surface area (Å²) in [7, 11) is 4.46. The van der Waals surface area contributed by atoms with Crippen molar-refractivity contribution in [3.8, 4) is 17.2 Å². The zero-order valence-corrected chi connectivity index (χ0v) is 17.4. The van der Waals surface area contributed by atoms with Gasteiger partial charge in [-0.3, -0.25) is 19.3 Å². The van der Waals surface area contributed by atoms with Gasteiger partial charge in [-0.2, -0.15) is 0 Å². The normalized spacial score (nSPS) is 14.8. The molecule has 2 aromatic carbocycles. The van der Waals surface area contributed by atoms with Crippen molar-refractivity contribution >= 4 is 40.6 Å². The Morgan fingerprint density at radius 3 is 2.23 bits per heavy atom. The van der Waals surface area contributed by atoms with Crippen LogP contribution in [0.1, 0.15) is 5.56 Å². The maximum absolute atomic E-state index is 12.7. The van der Waals surface area contributed by atoms with Crippen molar-refractivity contribution in [2.75, 3.05) is 33.2 Å². The largest absolute Gasteiger partial charge is 0.493 e. The molecule has 8 nitrogen and oxygen atoms in total. The second-order valence-electron chi connectivity index (χ2n) is 6.14. The van der Waals surface area contributed by atoms with Crippen molar-refractivity contribution in [2.45, 2.75) is 0 Å². The molecule has 1 N–H and O–H groups in total. The lowest BCUT2D eigenvalue weighted by molar-refractivity contribution is -0.127. The summed E-state index contributed by atoms with van der Waals surface area (Å²) in [5, 5.41) is 2.14. The summed E-state index contributed by atoms with van der Waals surface area (Å²) in [5.41, 5.74) is 1.17. The highest BCUT2D eigenvalue weighted by atomic mass is 32.2. The Morgan fingerprint density at radius 1 is 1.03 bits per heavy atom. The van der Waals surface area contributed by atoms with E-state index in [1.165, 1.54) is 21.3 Å². The molecule has 1 heterocycles. The van der Waals surface area contributed by atoms with E-state index in [0.29, 0.717) is 28.5 Å². The molecule has 9 heteroatoms. The predicted octanol–water partition coefficient (Wildman–Crippen LogP) is 3.39. The van der Waals surface area contributed by atoms with Crippen molar-refractivity contribution in [1.29, 1.82) is 0 Å². The van der Waals surface area contributed by atoms with Crippen molar-refractivity contribution < 1.29 is 28.6 Å². The van der Waals surface area contributed by atoms with Crippen molar-refractivity contribution in [1.82, 2.24) is 4.90 Å². The van der Waals surface area contributed by atoms with Crippen LogP contribution in [0.25, 0.3) is 6.08 Å². The average Bonchev–Trinajstić information content (AvgIpc) is 3.00. The summed E-state index contributed by atoms with van der Waals surface area (Å²) < 4.78 is 15.9. The van der Waals surface area contributed by atoms with Crippen LogP contribution in [0.15, 0.2) is 47.4 Å². The highest BCUT2D eigenvalue weighted by Crippen LogP contribution is 2.40. The first-order valence-electron chi connectivity index (χ1n) is 8.87. The molecule has 0 bridgehead atoms. The molecule has 2 aromatic rings. The first kappa shape index (κ1) is 21.3. The van der Waals surface area contributed by atoms with Gasteiger partial charge in [0.15, 0.2) is 11.5 Å². The predicted molar refractivity (Wildman–Crippen MR) is 114 cm³/mol. The van der Waals surface area contributed by atoms with Crippen LogP contribution in [0, 0.1) is 0 Å². The molecule has 0 unspecified atom stereocenters. The molecule has 1 saturated heterocycles. The summed E-state index contributed by atoms with van der Waals surface area (Å²) in [6.07, 6.45) is 1.55. The molecule has 0 spiro atoms. The van der Waals surface area contributed by atoms with Crippen LogP contribution >= 0.6 is 11.8 Å². The smallest absolute Gasteiger partial charge is 0.294 e. The molecule has 0 aliphatic carbocycles. The van der Waals surface area contributed by atoms with Crippen LogP contribution in [-0.4, -0.2) is 49.8 Å². The molecule has 1 aliphatic rings. The molecule has 0 radical (unpaired) electrons. The van der Waals surface area contributed by atoms with Crippen molar-refractivity contribution in [2.24, 2.45) is 0 Å². The zero-order chi connectivity index (χ0) is 21.7. The number of nitrogens with one attached hydrogen (secondary N) is 1. The summed E-state index contributed by atoms with van der Waals surface area (Å²) in [6.45, 7) is -0.369. The van der Waals surface area contributed by atoms with E-state index in [0.717, 1.165) is 16.7 Å². The monoisotopic (exact) mass is 428 g/mol. The first-order valence-corrected chi connectivity index (χ1v) is 9.68. The van der Waals surface area contributed by atoms with E-state index < -0.39 is 17.1 Å². The first-order chi connectivity index (χ1) is 14.5. The lowest BCUT2D eigenvalue weighted by Gasteiger charge is -2.13. The van der Waals surface area contributed by atoms with Gasteiger partial charge >= 0.3 is 0 Å². The number of benzene rings is 2. The second-order valence-corrected chi connectivity index (χ2v) is 7.13. The number of hydrogen-bond acceptors (Lipinski definition) is 7. The number of anilines is 1. The lowest BCUT2D eigenvalue weighted by Crippen LogP contribution is -2.36. The third-order valence-corrected chi connectivity index (χ3v) is 5.13. The van der Waals surface area contributed by atoms with Gasteiger partial charge in [-0.25, -0.2) is 0 Å². The number of ether oxygens (including phenoxy) is 3. The number of nitrogens with zero attached hydrogens (tertiary/aromatic N) is 1. The molecule has 0 atom stereocenters. The molecular formula is C21H20N2O6S. The fourth-order valence-electron chi connectivity index (χ4n) is 2.84. The van der Waals surface area contributed by atoms with E-state index in [2.05, 4.69) is 5.32 Å². The molecule has 0 aromatic heterocycles. The van der Waals surface area contributed by atoms with E-state index in [9.17, 15) is 14.4 Å². The molecule has 30 heavy (non-hydrogen) atoms. The quantitative estimate of drug-likeness (QED) is 0.676. The molecule has 3 amide bonds. The summed E-state index contributed by atoms with van der Waals surface area (Å²) in [5.74, 6) is 0.261. The fraction of sp³-hybridized carbons (Fsp3) is 0.190. The summed E-state index contributed by atoms with van der Waals surface area (Å²) in [4.78, 5) is 38.3. The molecule has 1 aliphatic heterocycles. The Morgan fingerprint density at radius 2 is 1.67 bits per heavy atom. The molecular weight excluding hydrogens is 408 g/mol. The van der Waals surface area contributed by atoms with E-state index in [1.54, 1.807) is 42.5 Å². The lowest BCUT2D eigenvalue weighted by atomic mass is 10.1. The number of thioether (sulfide) groups is 1. The van der Waals surface area contributed by atoms with Crippen LogP contribution in [0.5, 0.6) is 17.2 Å². The van der Waals surface area contributed by atoms with E-state index in [4.69, 9.17) is 14.2 Å².